The van der Waals surface area contributed by atoms with E-state index >= 15 is 0 Å². The summed E-state index contributed by atoms with van der Waals surface area (Å²) < 4.78 is 6.50. The van der Waals surface area contributed by atoms with E-state index < -0.39 is 0 Å². The molecule has 0 amide bonds. The van der Waals surface area contributed by atoms with Gasteiger partial charge in [0.15, 0.2) is 0 Å². The Bertz CT molecular complexity index is 180. The summed E-state index contributed by atoms with van der Waals surface area (Å²) in [4.78, 5) is 0. The Hall–Kier alpha value is -0.393. The van der Waals surface area contributed by atoms with Crippen LogP contribution in [0, 0.1) is 0 Å². The molecule has 0 aliphatic carbocycles. The zero-order valence-electron chi connectivity index (χ0n) is 6.96. The molecule has 0 N–H and O–H groups in total. The second kappa shape index (κ2) is 3.60. The predicted molar refractivity (Wildman–Crippen MR) is 30.9 cm³/mol. The van der Waals surface area contributed by atoms with Gasteiger partial charge in [-0.05, 0) is 0 Å². The van der Waals surface area contributed by atoms with Crippen LogP contribution >= 0.6 is 0 Å². The van der Waals surface area contributed by atoms with Crippen molar-refractivity contribution in [2.24, 2.45) is 7.05 Å². The first-order valence-electron chi connectivity index (χ1n) is 2.36. The van der Waals surface area contributed by atoms with Crippen LogP contribution in [0.4, 0.5) is 0 Å². The van der Waals surface area contributed by atoms with Gasteiger partial charge in [0.05, 0.1) is 7.11 Å². The number of hydrogen-bond donors (Lipinski definition) is 0. The van der Waals surface area contributed by atoms with Crippen molar-refractivity contribution in [1.82, 2.24) is 9.78 Å². The van der Waals surface area contributed by atoms with Gasteiger partial charge in [0.1, 0.15) is 0 Å². The number of nitrogens with zero attached hydrogens (tertiary/aromatic N) is 2. The molecular formula is C5H9LiN2O. The summed E-state index contributed by atoms with van der Waals surface area (Å²) in [5.74, 6) is 0.660. The molecule has 4 heteroatoms. The van der Waals surface area contributed by atoms with Gasteiger partial charge in [-0.3, -0.25) is 4.68 Å². The number of rotatable bonds is 1. The molecule has 0 aliphatic rings. The van der Waals surface area contributed by atoms with Crippen molar-refractivity contribution in [3.05, 3.63) is 12.3 Å². The van der Waals surface area contributed by atoms with Gasteiger partial charge >= 0.3 is 18.9 Å². The van der Waals surface area contributed by atoms with E-state index in [2.05, 4.69) is 5.10 Å². The molecule has 0 saturated carbocycles. The Morgan fingerprint density at radius 3 is 2.67 bits per heavy atom. The smallest absolute Gasteiger partial charge is 1.00 e. The molecule has 0 aliphatic heterocycles. The van der Waals surface area contributed by atoms with Crippen LogP contribution in [-0.2, 0) is 7.05 Å². The maximum absolute atomic E-state index is 4.80. The minimum Gasteiger partial charge on any atom is -1.00 e. The molecule has 0 spiro atoms. The maximum atomic E-state index is 4.80. The molecule has 46 valence electrons. The zero-order chi connectivity index (χ0) is 5.98. The molecule has 0 unspecified atom stereocenters. The summed E-state index contributed by atoms with van der Waals surface area (Å²) in [5.41, 5.74) is 0. The molecule has 0 aromatic carbocycles. The normalized spacial score (nSPS) is 8.22. The SMILES string of the molecule is COc1ccn(C)n1.[H-].[Li+]. The van der Waals surface area contributed by atoms with Crippen LogP contribution in [0.2, 0.25) is 0 Å². The van der Waals surface area contributed by atoms with Crippen LogP contribution in [0.5, 0.6) is 5.88 Å². The Balaban J connectivity index is 0. The monoisotopic (exact) mass is 120 g/mol. The van der Waals surface area contributed by atoms with E-state index in [-0.39, 0.29) is 20.3 Å². The molecule has 1 aromatic heterocycles. The average Bonchev–Trinajstić information content (AvgIpc) is 2.14. The van der Waals surface area contributed by atoms with Crippen molar-refractivity contribution >= 4 is 0 Å². The molecule has 0 saturated heterocycles. The van der Waals surface area contributed by atoms with Gasteiger partial charge in [-0.2, -0.15) is 0 Å². The molecule has 0 bridgehead atoms. The molecule has 1 rings (SSSR count). The Morgan fingerprint density at radius 2 is 2.44 bits per heavy atom. The first-order valence-corrected chi connectivity index (χ1v) is 2.36. The van der Waals surface area contributed by atoms with Crippen LogP contribution in [0.25, 0.3) is 0 Å². The van der Waals surface area contributed by atoms with Gasteiger partial charge < -0.3 is 6.16 Å². The van der Waals surface area contributed by atoms with Crippen molar-refractivity contribution in [1.29, 1.82) is 0 Å². The van der Waals surface area contributed by atoms with Crippen molar-refractivity contribution < 1.29 is 25.0 Å². The largest absolute Gasteiger partial charge is 1.00 e. The van der Waals surface area contributed by atoms with E-state index in [9.17, 15) is 0 Å². The van der Waals surface area contributed by atoms with Crippen molar-refractivity contribution in [3.8, 4) is 5.88 Å². The predicted octanol–water partition coefficient (Wildman–Crippen LogP) is -2.45. The van der Waals surface area contributed by atoms with E-state index in [1.54, 1.807) is 17.9 Å². The van der Waals surface area contributed by atoms with Crippen LogP contribution < -0.4 is 23.6 Å². The summed E-state index contributed by atoms with van der Waals surface area (Å²) in [6.07, 6.45) is 1.83. The quantitative estimate of drug-likeness (QED) is 0.384. The molecule has 9 heavy (non-hydrogen) atoms. The fourth-order valence-corrected chi connectivity index (χ4v) is 0.503. The Kier molecular flexibility index (Phi) is 3.44. The molecule has 1 heterocycles. The van der Waals surface area contributed by atoms with Gasteiger partial charge in [0, 0.05) is 19.3 Å². The van der Waals surface area contributed by atoms with E-state index in [4.69, 9.17) is 4.74 Å². The van der Waals surface area contributed by atoms with Gasteiger partial charge in [0.2, 0.25) is 5.88 Å². The van der Waals surface area contributed by atoms with Gasteiger partial charge in [-0.1, -0.05) is 0 Å². The Morgan fingerprint density at radius 1 is 1.78 bits per heavy atom. The number of aryl methyl sites for hydroxylation is 1. The summed E-state index contributed by atoms with van der Waals surface area (Å²) in [6.45, 7) is 0. The maximum Gasteiger partial charge on any atom is 1.00 e. The number of hydrogen-bond acceptors (Lipinski definition) is 2. The van der Waals surface area contributed by atoms with Gasteiger partial charge in [-0.25, -0.2) is 0 Å². The molecule has 0 fully saturated rings. The molecular weight excluding hydrogens is 111 g/mol. The summed E-state index contributed by atoms with van der Waals surface area (Å²) in [6, 6.07) is 1.81. The number of aromatic nitrogens is 2. The minimum atomic E-state index is 0. The molecule has 3 nitrogen and oxygen atoms in total. The second-order valence-electron chi connectivity index (χ2n) is 1.53. The summed E-state index contributed by atoms with van der Waals surface area (Å²) in [5, 5.41) is 3.92. The summed E-state index contributed by atoms with van der Waals surface area (Å²) >= 11 is 0. The van der Waals surface area contributed by atoms with E-state index in [0.717, 1.165) is 0 Å². The third kappa shape index (κ3) is 2.13. The molecule has 0 atom stereocenters. The fourth-order valence-electron chi connectivity index (χ4n) is 0.503. The zero-order valence-corrected chi connectivity index (χ0v) is 5.96. The van der Waals surface area contributed by atoms with Crippen LogP contribution in [0.3, 0.4) is 0 Å². The van der Waals surface area contributed by atoms with E-state index in [0.29, 0.717) is 5.88 Å². The third-order valence-corrected chi connectivity index (χ3v) is 0.898. The van der Waals surface area contributed by atoms with Gasteiger partial charge in [-0.15, -0.1) is 5.10 Å². The topological polar surface area (TPSA) is 27.1 Å². The van der Waals surface area contributed by atoms with E-state index in [1.807, 2.05) is 13.2 Å². The van der Waals surface area contributed by atoms with Crippen LogP contribution in [0.1, 0.15) is 1.43 Å². The first-order chi connectivity index (χ1) is 3.83. The minimum absolute atomic E-state index is 0. The fraction of sp³-hybridized carbons (Fsp3) is 0.400. The third-order valence-electron chi connectivity index (χ3n) is 0.898. The molecule has 0 radical (unpaired) electrons. The van der Waals surface area contributed by atoms with Crippen molar-refractivity contribution in [2.45, 2.75) is 0 Å². The Labute approximate surface area is 67.7 Å². The van der Waals surface area contributed by atoms with Crippen LogP contribution in [-0.4, -0.2) is 16.9 Å². The molecule has 1 aromatic rings. The van der Waals surface area contributed by atoms with E-state index in [1.165, 1.54) is 0 Å². The summed E-state index contributed by atoms with van der Waals surface area (Å²) in [7, 11) is 3.45. The average molecular weight is 120 g/mol. The van der Waals surface area contributed by atoms with Gasteiger partial charge in [0.25, 0.3) is 0 Å². The number of methoxy groups -OCH3 is 1. The van der Waals surface area contributed by atoms with Crippen molar-refractivity contribution in [2.75, 3.05) is 7.11 Å². The van der Waals surface area contributed by atoms with Crippen molar-refractivity contribution in [3.63, 3.8) is 0 Å². The van der Waals surface area contributed by atoms with Crippen LogP contribution in [0.15, 0.2) is 12.3 Å². The standard InChI is InChI=1S/C5H8N2O.Li.H/c1-7-4-3-5(6-7)8-2;;/h3-4H,1-2H3;;/q;+1;-1. The first kappa shape index (κ1) is 8.61. The number of ether oxygens (including phenoxy) is 1. The second-order valence-corrected chi connectivity index (χ2v) is 1.53.